The van der Waals surface area contributed by atoms with Gasteiger partial charge in [0, 0.05) is 50.1 Å². The molecule has 4 atom stereocenters. The Bertz CT molecular complexity index is 1090. The summed E-state index contributed by atoms with van der Waals surface area (Å²) in [7, 11) is 0. The second-order valence-electron chi connectivity index (χ2n) is 8.75. The Kier molecular flexibility index (Phi) is 5.99. The van der Waals surface area contributed by atoms with E-state index in [1.54, 1.807) is 28.2 Å². The number of nitrogens with zero attached hydrogens (tertiary/aromatic N) is 9. The Morgan fingerprint density at radius 2 is 2.18 bits per heavy atom. The van der Waals surface area contributed by atoms with Crippen LogP contribution in [0.25, 0.3) is 0 Å². The summed E-state index contributed by atoms with van der Waals surface area (Å²) in [5.74, 6) is 0.528. The molecular formula is C21H25N11O2. The highest BCUT2D eigenvalue weighted by Gasteiger charge is 2.39. The molecule has 0 aromatic carbocycles. The van der Waals surface area contributed by atoms with Crippen molar-refractivity contribution < 1.29 is 9.53 Å². The van der Waals surface area contributed by atoms with Gasteiger partial charge >= 0.3 is 0 Å². The van der Waals surface area contributed by atoms with Crippen molar-refractivity contribution in [3.63, 3.8) is 0 Å². The molecule has 2 N–H and O–H groups in total. The van der Waals surface area contributed by atoms with Crippen molar-refractivity contribution in [2.45, 2.75) is 50.5 Å². The molecule has 13 nitrogen and oxygen atoms in total. The van der Waals surface area contributed by atoms with Crippen LogP contribution >= 0.6 is 0 Å². The van der Waals surface area contributed by atoms with Crippen molar-refractivity contribution >= 4 is 17.6 Å². The monoisotopic (exact) mass is 463 g/mol. The van der Waals surface area contributed by atoms with E-state index in [2.05, 4.69) is 48.3 Å². The average molecular weight is 464 g/mol. The summed E-state index contributed by atoms with van der Waals surface area (Å²) in [6, 6.07) is 1.87. The topological polar surface area (TPSA) is 160 Å². The lowest BCUT2D eigenvalue weighted by molar-refractivity contribution is -0.129. The quantitative estimate of drug-likeness (QED) is 0.549. The number of amides is 1. The van der Waals surface area contributed by atoms with Crippen LogP contribution in [0.15, 0.2) is 34.3 Å². The molecule has 0 aliphatic carbocycles. The number of aromatic nitrogens is 3. The molecule has 0 bridgehead atoms. The SMILES string of the molecule is N#CC1=CN=C(N2CCCC2)C(C2=NNC(C(=O)N[C@@H]3C[C@@H](Cn4ccnn4)N(C#N)C3)O2)C1. The minimum absolute atomic E-state index is 0.0843. The molecule has 4 aliphatic heterocycles. The minimum atomic E-state index is -0.976. The van der Waals surface area contributed by atoms with Crippen LogP contribution in [0.4, 0.5) is 0 Å². The molecule has 1 amide bonds. The van der Waals surface area contributed by atoms with E-state index in [1.165, 1.54) is 0 Å². The summed E-state index contributed by atoms with van der Waals surface area (Å²) in [4.78, 5) is 21.3. The molecule has 1 aromatic heterocycles. The molecule has 0 spiro atoms. The van der Waals surface area contributed by atoms with Crippen molar-refractivity contribution in [3.05, 3.63) is 24.2 Å². The summed E-state index contributed by atoms with van der Waals surface area (Å²) in [5.41, 5.74) is 3.32. The Balaban J connectivity index is 1.19. The first kappa shape index (κ1) is 21.7. The highest BCUT2D eigenvalue weighted by molar-refractivity contribution is 6.05. The van der Waals surface area contributed by atoms with Crippen LogP contribution in [-0.2, 0) is 16.1 Å². The summed E-state index contributed by atoms with van der Waals surface area (Å²) >= 11 is 0. The first-order valence-electron chi connectivity index (χ1n) is 11.4. The highest BCUT2D eigenvalue weighted by Crippen LogP contribution is 2.27. The van der Waals surface area contributed by atoms with Crippen molar-refractivity contribution in [3.8, 4) is 12.3 Å². The number of hydrogen-bond donors (Lipinski definition) is 2. The molecule has 34 heavy (non-hydrogen) atoms. The number of hydrogen-bond acceptors (Lipinski definition) is 11. The standard InChI is InChI=1S/C21H25N11O2/c22-9-14-7-17(18(24-10-14)30-4-1-2-5-30)20-27-28-21(34-20)19(33)26-15-8-16(31(11-15)13-23)12-32-6-3-25-29-32/h3,6,10,15-17,21,28H,1-2,4-5,7-8,11-12H2,(H,26,33)/t15-,16+,17?,21?/m1/s1. The zero-order valence-corrected chi connectivity index (χ0v) is 18.5. The average Bonchev–Trinajstić information content (AvgIpc) is 3.67. The van der Waals surface area contributed by atoms with Crippen molar-refractivity contribution in [2.24, 2.45) is 16.0 Å². The van der Waals surface area contributed by atoms with Crippen LogP contribution in [0.2, 0.25) is 0 Å². The molecule has 2 fully saturated rings. The third-order valence-electron chi connectivity index (χ3n) is 6.49. The van der Waals surface area contributed by atoms with Gasteiger partial charge in [0.15, 0.2) is 6.19 Å². The summed E-state index contributed by atoms with van der Waals surface area (Å²) in [6.45, 7) is 2.73. The van der Waals surface area contributed by atoms with Gasteiger partial charge in [-0.25, -0.2) is 4.99 Å². The number of amidine groups is 1. The van der Waals surface area contributed by atoms with Crippen LogP contribution < -0.4 is 10.7 Å². The van der Waals surface area contributed by atoms with Gasteiger partial charge in [0.25, 0.3) is 12.1 Å². The van der Waals surface area contributed by atoms with Crippen LogP contribution in [0, 0.1) is 28.7 Å². The van der Waals surface area contributed by atoms with Gasteiger partial charge in [-0.15, -0.1) is 10.2 Å². The predicted octanol–water partition coefficient (Wildman–Crippen LogP) is -0.501. The van der Waals surface area contributed by atoms with Crippen LogP contribution in [0.1, 0.15) is 25.7 Å². The van der Waals surface area contributed by atoms with Gasteiger partial charge in [0.2, 0.25) is 5.90 Å². The zero-order chi connectivity index (χ0) is 23.5. The normalized spacial score (nSPS) is 28.2. The number of ether oxygens (including phenoxy) is 1. The molecule has 1 aromatic rings. The third-order valence-corrected chi connectivity index (χ3v) is 6.49. The number of carbonyl (C=O) groups is 1. The van der Waals surface area contributed by atoms with Crippen molar-refractivity contribution in [2.75, 3.05) is 19.6 Å². The van der Waals surface area contributed by atoms with E-state index in [1.807, 2.05) is 0 Å². The van der Waals surface area contributed by atoms with Crippen molar-refractivity contribution in [1.29, 1.82) is 10.5 Å². The fourth-order valence-corrected chi connectivity index (χ4v) is 4.83. The number of nitriles is 2. The number of allylic oxidation sites excluding steroid dienone is 1. The molecular weight excluding hydrogens is 438 g/mol. The smallest absolute Gasteiger partial charge is 0.284 e. The molecule has 2 saturated heterocycles. The zero-order valence-electron chi connectivity index (χ0n) is 18.5. The fraction of sp³-hybridized carbons (Fsp3) is 0.571. The minimum Gasteiger partial charge on any atom is -0.444 e. The summed E-state index contributed by atoms with van der Waals surface area (Å²) in [5, 5.41) is 33.8. The second-order valence-corrected chi connectivity index (χ2v) is 8.75. The molecule has 5 heterocycles. The predicted molar refractivity (Wildman–Crippen MR) is 118 cm³/mol. The third kappa shape index (κ3) is 4.37. The van der Waals surface area contributed by atoms with Gasteiger partial charge < -0.3 is 19.9 Å². The molecule has 0 saturated carbocycles. The van der Waals surface area contributed by atoms with E-state index in [0.717, 1.165) is 31.8 Å². The van der Waals surface area contributed by atoms with Gasteiger partial charge in [-0.3, -0.25) is 14.9 Å². The Hall–Kier alpha value is -4.13. The molecule has 2 unspecified atom stereocenters. The number of nitrogens with one attached hydrogen (secondary N) is 2. The number of carbonyl (C=O) groups excluding carboxylic acids is 1. The van der Waals surface area contributed by atoms with Gasteiger partial charge in [0.05, 0.1) is 30.8 Å². The lowest BCUT2D eigenvalue weighted by Crippen LogP contribution is -2.47. The Labute approximate surface area is 196 Å². The van der Waals surface area contributed by atoms with Gasteiger partial charge in [-0.05, 0) is 19.3 Å². The van der Waals surface area contributed by atoms with E-state index in [0.29, 0.717) is 37.4 Å². The number of aliphatic imine (C=N–C) groups is 1. The van der Waals surface area contributed by atoms with E-state index in [-0.39, 0.29) is 23.9 Å². The van der Waals surface area contributed by atoms with E-state index in [9.17, 15) is 15.3 Å². The lowest BCUT2D eigenvalue weighted by atomic mass is 9.96. The maximum atomic E-state index is 12.9. The maximum absolute atomic E-state index is 12.9. The fourth-order valence-electron chi connectivity index (χ4n) is 4.83. The molecule has 5 rings (SSSR count). The molecule has 4 aliphatic rings. The van der Waals surface area contributed by atoms with E-state index >= 15 is 0 Å². The first-order valence-corrected chi connectivity index (χ1v) is 11.4. The Morgan fingerprint density at radius 3 is 2.91 bits per heavy atom. The summed E-state index contributed by atoms with van der Waals surface area (Å²) in [6.07, 6.45) is 9.38. The van der Waals surface area contributed by atoms with Crippen LogP contribution in [0.5, 0.6) is 0 Å². The van der Waals surface area contributed by atoms with Crippen LogP contribution in [-0.4, -0.2) is 80.4 Å². The highest BCUT2D eigenvalue weighted by atomic mass is 16.5. The van der Waals surface area contributed by atoms with Crippen LogP contribution in [0.3, 0.4) is 0 Å². The van der Waals surface area contributed by atoms with Gasteiger partial charge in [-0.2, -0.15) is 10.5 Å². The lowest BCUT2D eigenvalue weighted by Gasteiger charge is -2.28. The van der Waals surface area contributed by atoms with Gasteiger partial charge in [-0.1, -0.05) is 5.21 Å². The second kappa shape index (κ2) is 9.39. The Morgan fingerprint density at radius 1 is 1.32 bits per heavy atom. The van der Waals surface area contributed by atoms with Gasteiger partial charge in [0.1, 0.15) is 5.84 Å². The molecule has 0 radical (unpaired) electrons. The summed E-state index contributed by atoms with van der Waals surface area (Å²) < 4.78 is 7.58. The molecule has 176 valence electrons. The van der Waals surface area contributed by atoms with E-state index < -0.39 is 6.23 Å². The van der Waals surface area contributed by atoms with Crippen molar-refractivity contribution in [1.82, 2.24) is 35.5 Å². The molecule has 13 heteroatoms. The number of likely N-dealkylation sites (tertiary alicyclic amines) is 2. The number of hydrazone groups is 1. The largest absolute Gasteiger partial charge is 0.444 e. The first-order chi connectivity index (χ1) is 16.6. The number of rotatable bonds is 5. The van der Waals surface area contributed by atoms with E-state index in [4.69, 9.17) is 4.74 Å². The maximum Gasteiger partial charge on any atom is 0.284 e.